The predicted octanol–water partition coefficient (Wildman–Crippen LogP) is 3.82. The molecule has 0 spiro atoms. The van der Waals surface area contributed by atoms with Crippen LogP contribution in [-0.4, -0.2) is 18.4 Å². The number of hydrogen-bond acceptors (Lipinski definition) is 4. The monoisotopic (exact) mass is 437 g/mol. The summed E-state index contributed by atoms with van der Waals surface area (Å²) in [5.74, 6) is -0.569. The van der Waals surface area contributed by atoms with Gasteiger partial charge < -0.3 is 10.1 Å². The molecule has 2 aliphatic rings. The van der Waals surface area contributed by atoms with E-state index in [2.05, 4.69) is 27.9 Å². The Morgan fingerprint density at radius 1 is 1.38 bits per heavy atom. The molecule has 0 amide bonds. The fraction of sp³-hybridized carbons (Fsp3) is 0.368. The van der Waals surface area contributed by atoms with Crippen LogP contribution in [-0.2, 0) is 14.3 Å². The molecule has 1 heterocycles. The average molecular weight is 437 g/mol. The third-order valence-electron chi connectivity index (χ3n) is 4.45. The zero-order valence-electron chi connectivity index (χ0n) is 13.8. The van der Waals surface area contributed by atoms with Gasteiger partial charge in [-0.15, -0.1) is 0 Å². The second-order valence-electron chi connectivity index (χ2n) is 6.04. The van der Waals surface area contributed by atoms with Crippen molar-refractivity contribution in [2.24, 2.45) is 0 Å². The van der Waals surface area contributed by atoms with Crippen molar-refractivity contribution in [2.45, 2.75) is 39.0 Å². The van der Waals surface area contributed by atoms with Gasteiger partial charge in [0.05, 0.1) is 12.2 Å². The molecule has 0 aromatic heterocycles. The van der Waals surface area contributed by atoms with Crippen molar-refractivity contribution in [3.63, 3.8) is 0 Å². The molecule has 1 N–H and O–H groups in total. The lowest BCUT2D eigenvalue weighted by molar-refractivity contribution is -0.138. The molecule has 0 bridgehead atoms. The summed E-state index contributed by atoms with van der Waals surface area (Å²) in [6, 6.07) is 7.99. The lowest BCUT2D eigenvalue weighted by Gasteiger charge is -2.34. The van der Waals surface area contributed by atoms with E-state index >= 15 is 0 Å². The van der Waals surface area contributed by atoms with Gasteiger partial charge in [0.25, 0.3) is 0 Å². The number of rotatable bonds is 3. The smallest absolute Gasteiger partial charge is 0.336 e. The van der Waals surface area contributed by atoms with Crippen LogP contribution in [0, 0.1) is 3.57 Å². The third-order valence-corrected chi connectivity index (χ3v) is 5.12. The number of carbonyl (C=O) groups excluding carboxylic acids is 2. The predicted molar refractivity (Wildman–Crippen MR) is 100 cm³/mol. The maximum atomic E-state index is 12.7. The van der Waals surface area contributed by atoms with Crippen LogP contribution in [0.1, 0.15) is 44.6 Å². The van der Waals surface area contributed by atoms with Gasteiger partial charge in [0.15, 0.2) is 5.78 Å². The molecular formula is C19H20INO3. The normalized spacial score (nSPS) is 20.6. The van der Waals surface area contributed by atoms with Crippen molar-refractivity contribution < 1.29 is 14.3 Å². The molecule has 5 heteroatoms. The second-order valence-corrected chi connectivity index (χ2v) is 7.29. The largest absolute Gasteiger partial charge is 0.463 e. The quantitative estimate of drug-likeness (QED) is 0.577. The number of ketones is 1. The van der Waals surface area contributed by atoms with E-state index in [0.717, 1.165) is 38.9 Å². The number of carbonyl (C=O) groups is 2. The first kappa shape index (κ1) is 17.2. The highest BCUT2D eigenvalue weighted by Gasteiger charge is 2.38. The minimum absolute atomic E-state index is 0.127. The maximum absolute atomic E-state index is 12.7. The molecule has 0 saturated heterocycles. The summed E-state index contributed by atoms with van der Waals surface area (Å²) in [4.78, 5) is 25.3. The highest BCUT2D eigenvalue weighted by molar-refractivity contribution is 14.1. The fourth-order valence-corrected chi connectivity index (χ4v) is 4.05. The van der Waals surface area contributed by atoms with E-state index in [4.69, 9.17) is 4.74 Å². The number of esters is 1. The molecule has 3 rings (SSSR count). The zero-order chi connectivity index (χ0) is 17.3. The van der Waals surface area contributed by atoms with Crippen LogP contribution in [0.15, 0.2) is 46.8 Å². The lowest BCUT2D eigenvalue weighted by Crippen LogP contribution is -2.34. The van der Waals surface area contributed by atoms with Crippen LogP contribution < -0.4 is 5.32 Å². The fourth-order valence-electron chi connectivity index (χ4n) is 3.48. The molecular weight excluding hydrogens is 417 g/mol. The van der Waals surface area contributed by atoms with Crippen LogP contribution >= 0.6 is 22.6 Å². The molecule has 1 aliphatic heterocycles. The molecule has 126 valence electrons. The second kappa shape index (κ2) is 7.09. The van der Waals surface area contributed by atoms with Gasteiger partial charge in [-0.3, -0.25) is 4.79 Å². The number of allylic oxidation sites excluding steroid dienone is 3. The van der Waals surface area contributed by atoms with Gasteiger partial charge in [-0.2, -0.15) is 0 Å². The summed E-state index contributed by atoms with van der Waals surface area (Å²) in [5.41, 5.74) is 3.99. The highest BCUT2D eigenvalue weighted by Crippen LogP contribution is 2.42. The first-order valence-electron chi connectivity index (χ1n) is 8.19. The van der Waals surface area contributed by atoms with Crippen LogP contribution in [0.5, 0.6) is 0 Å². The first-order valence-corrected chi connectivity index (χ1v) is 9.27. The molecule has 0 saturated carbocycles. The molecule has 1 aliphatic carbocycles. The molecule has 0 fully saturated rings. The molecule has 1 aromatic carbocycles. The Bertz CT molecular complexity index is 764. The SMILES string of the molecule is CCOC(=O)C1=C(C)NC2=C(C(=O)CCC2)C1c1cccc(I)c1. The number of nitrogens with one attached hydrogen (secondary N) is 1. The summed E-state index contributed by atoms with van der Waals surface area (Å²) in [5, 5.41) is 3.29. The van der Waals surface area contributed by atoms with E-state index in [-0.39, 0.29) is 17.7 Å². The summed E-state index contributed by atoms with van der Waals surface area (Å²) >= 11 is 2.25. The third kappa shape index (κ3) is 3.14. The van der Waals surface area contributed by atoms with Gasteiger partial charge in [-0.1, -0.05) is 12.1 Å². The van der Waals surface area contributed by atoms with Crippen LogP contribution in [0.4, 0.5) is 0 Å². The van der Waals surface area contributed by atoms with Gasteiger partial charge in [0, 0.05) is 32.9 Å². The number of dihydropyridines is 1. The van der Waals surface area contributed by atoms with E-state index in [1.165, 1.54) is 0 Å². The van der Waals surface area contributed by atoms with Gasteiger partial charge >= 0.3 is 5.97 Å². The van der Waals surface area contributed by atoms with E-state index in [0.29, 0.717) is 18.6 Å². The number of Topliss-reactive ketones (excluding diaryl/α,β-unsaturated/α-hetero) is 1. The minimum atomic E-state index is -0.351. The van der Waals surface area contributed by atoms with E-state index < -0.39 is 0 Å². The van der Waals surface area contributed by atoms with E-state index in [1.807, 2.05) is 31.2 Å². The van der Waals surface area contributed by atoms with Gasteiger partial charge in [-0.25, -0.2) is 4.79 Å². The summed E-state index contributed by atoms with van der Waals surface area (Å²) in [6.45, 7) is 3.99. The van der Waals surface area contributed by atoms with E-state index in [1.54, 1.807) is 6.92 Å². The Morgan fingerprint density at radius 2 is 2.17 bits per heavy atom. The Balaban J connectivity index is 2.17. The molecule has 4 nitrogen and oxygen atoms in total. The van der Waals surface area contributed by atoms with E-state index in [9.17, 15) is 9.59 Å². The molecule has 0 radical (unpaired) electrons. The van der Waals surface area contributed by atoms with Crippen LogP contribution in [0.2, 0.25) is 0 Å². The van der Waals surface area contributed by atoms with Gasteiger partial charge in [-0.05, 0) is 67.0 Å². The number of ether oxygens (including phenoxy) is 1. The number of benzene rings is 1. The van der Waals surface area contributed by atoms with Crippen molar-refractivity contribution in [3.05, 3.63) is 55.9 Å². The molecule has 1 aromatic rings. The molecule has 24 heavy (non-hydrogen) atoms. The lowest BCUT2D eigenvalue weighted by atomic mass is 9.75. The Labute approximate surface area is 155 Å². The van der Waals surface area contributed by atoms with Crippen molar-refractivity contribution in [2.75, 3.05) is 6.61 Å². The highest BCUT2D eigenvalue weighted by atomic mass is 127. The summed E-state index contributed by atoms with van der Waals surface area (Å²) in [7, 11) is 0. The van der Waals surface area contributed by atoms with Crippen LogP contribution in [0.3, 0.4) is 0 Å². The summed E-state index contributed by atoms with van der Waals surface area (Å²) < 4.78 is 6.35. The van der Waals surface area contributed by atoms with Crippen molar-refractivity contribution in [3.8, 4) is 0 Å². The Morgan fingerprint density at radius 3 is 2.88 bits per heavy atom. The Hall–Kier alpha value is -1.63. The van der Waals surface area contributed by atoms with Crippen LogP contribution in [0.25, 0.3) is 0 Å². The van der Waals surface area contributed by atoms with Crippen molar-refractivity contribution in [1.82, 2.24) is 5.32 Å². The zero-order valence-corrected chi connectivity index (χ0v) is 16.0. The van der Waals surface area contributed by atoms with Crippen molar-refractivity contribution >= 4 is 34.3 Å². The molecule has 1 atom stereocenters. The first-order chi connectivity index (χ1) is 11.5. The maximum Gasteiger partial charge on any atom is 0.336 e. The number of halogens is 1. The average Bonchev–Trinajstić information content (AvgIpc) is 2.54. The van der Waals surface area contributed by atoms with Crippen molar-refractivity contribution in [1.29, 1.82) is 0 Å². The van der Waals surface area contributed by atoms with Gasteiger partial charge in [0.1, 0.15) is 0 Å². The van der Waals surface area contributed by atoms with Gasteiger partial charge in [0.2, 0.25) is 0 Å². The minimum Gasteiger partial charge on any atom is -0.463 e. The topological polar surface area (TPSA) is 55.4 Å². The number of hydrogen-bond donors (Lipinski definition) is 1. The Kier molecular flexibility index (Phi) is 5.08. The molecule has 1 unspecified atom stereocenters. The summed E-state index contributed by atoms with van der Waals surface area (Å²) in [6.07, 6.45) is 2.23. The standard InChI is InChI=1S/C19H20INO3/c1-3-24-19(23)16-11(2)21-14-8-5-9-15(22)18(14)17(16)12-6-4-7-13(20)10-12/h4,6-7,10,17,21H,3,5,8-9H2,1-2H3.